The molecule has 0 fully saturated rings. The van der Waals surface area contributed by atoms with E-state index in [0.29, 0.717) is 0 Å². The highest BCUT2D eigenvalue weighted by atomic mass is 35.5. The molecule has 0 heterocycles. The molecule has 0 aromatic heterocycles. The molecule has 0 spiro atoms. The van der Waals surface area contributed by atoms with Gasteiger partial charge in [0, 0.05) is 5.56 Å². The molecule has 0 amide bonds. The first-order chi connectivity index (χ1) is 4.43. The average molecular weight is 140 g/mol. The second-order valence-electron chi connectivity index (χ2n) is 1.64. The molecule has 0 N–H and O–H groups in total. The van der Waals surface area contributed by atoms with Gasteiger partial charge in [0.25, 0.3) is 6.21 Å². The zero-order chi connectivity index (χ0) is 6.53. The van der Waals surface area contributed by atoms with Crippen LogP contribution < -0.4 is 4.51 Å². The monoisotopic (exact) mass is 139 g/mol. The molecule has 9 heavy (non-hydrogen) atoms. The van der Waals surface area contributed by atoms with Crippen LogP contribution in [0.15, 0.2) is 30.3 Å². The quantitative estimate of drug-likeness (QED) is 0.525. The van der Waals surface area contributed by atoms with Crippen LogP contribution in [0.3, 0.4) is 0 Å². The van der Waals surface area contributed by atoms with E-state index in [9.17, 15) is 0 Å². The predicted octanol–water partition coefficient (Wildman–Crippen LogP) is 1.60. The Morgan fingerprint density at radius 1 is 1.22 bits per heavy atom. The molecule has 0 unspecified atom stereocenters. The Morgan fingerprint density at radius 3 is 2.44 bits per heavy atom. The van der Waals surface area contributed by atoms with E-state index in [2.05, 4.69) is 4.51 Å². The fourth-order valence-corrected chi connectivity index (χ4v) is 0.708. The summed E-state index contributed by atoms with van der Waals surface area (Å²) in [5, 5.41) is 0. The lowest BCUT2D eigenvalue weighted by atomic mass is 10.2. The molecule has 1 nitrogen and oxygen atoms in total. The van der Waals surface area contributed by atoms with Crippen LogP contribution in [0.25, 0.3) is 0 Å². The third-order valence-corrected chi connectivity index (χ3v) is 1.10. The highest BCUT2D eigenvalue weighted by molar-refractivity contribution is 6.16. The average Bonchev–Trinajstić information content (AvgIpc) is 1.91. The van der Waals surface area contributed by atoms with Gasteiger partial charge in [0.2, 0.25) is 0 Å². The molecule has 0 atom stereocenters. The maximum atomic E-state index is 5.11. The third kappa shape index (κ3) is 1.86. The lowest BCUT2D eigenvalue weighted by Gasteiger charge is -1.79. The van der Waals surface area contributed by atoms with Crippen molar-refractivity contribution in [1.82, 2.24) is 4.51 Å². The molecule has 1 aromatic carbocycles. The second-order valence-corrected chi connectivity index (χ2v) is 1.83. The van der Waals surface area contributed by atoms with E-state index >= 15 is 0 Å². The highest BCUT2D eigenvalue weighted by Crippen LogP contribution is 1.91. The van der Waals surface area contributed by atoms with Crippen molar-refractivity contribution < 1.29 is 0 Å². The topological polar surface area (TPSA) is 14.1 Å². The highest BCUT2D eigenvalue weighted by Gasteiger charge is 1.88. The third-order valence-electron chi connectivity index (χ3n) is 0.997. The van der Waals surface area contributed by atoms with Crippen LogP contribution in [-0.4, -0.2) is 6.21 Å². The Hall–Kier alpha value is -0.820. The van der Waals surface area contributed by atoms with Crippen LogP contribution in [0.5, 0.6) is 0 Å². The van der Waals surface area contributed by atoms with Crippen molar-refractivity contribution >= 4 is 18.0 Å². The van der Waals surface area contributed by atoms with Gasteiger partial charge in [-0.2, -0.15) is 0 Å². The van der Waals surface area contributed by atoms with Crippen molar-refractivity contribution in [2.24, 2.45) is 0 Å². The summed E-state index contributed by atoms with van der Waals surface area (Å²) in [5.74, 6) is 0. The Bertz CT molecular complexity index is 193. The van der Waals surface area contributed by atoms with Crippen molar-refractivity contribution in [2.75, 3.05) is 0 Å². The van der Waals surface area contributed by atoms with Gasteiger partial charge in [-0.1, -0.05) is 18.2 Å². The van der Waals surface area contributed by atoms with Gasteiger partial charge in [-0.05, 0) is 12.1 Å². The molecular formula is C7H6ClN+. The normalized spacial score (nSPS) is 10.3. The molecular weight excluding hydrogens is 134 g/mol. The van der Waals surface area contributed by atoms with Gasteiger partial charge < -0.3 is 0 Å². The van der Waals surface area contributed by atoms with E-state index in [4.69, 9.17) is 11.8 Å². The first kappa shape index (κ1) is 6.30. The number of benzene rings is 1. The second kappa shape index (κ2) is 3.25. The van der Waals surface area contributed by atoms with E-state index in [1.54, 1.807) is 6.21 Å². The van der Waals surface area contributed by atoms with Gasteiger partial charge in [0.1, 0.15) is 0 Å². The van der Waals surface area contributed by atoms with E-state index in [1.807, 2.05) is 30.3 Å². The maximum Gasteiger partial charge on any atom is 0.342 e. The van der Waals surface area contributed by atoms with Crippen molar-refractivity contribution in [3.8, 4) is 0 Å². The number of hydrogen-bond donors (Lipinski definition) is 0. The number of nitrogens with zero attached hydrogens (tertiary/aromatic N) is 1. The van der Waals surface area contributed by atoms with E-state index < -0.39 is 0 Å². The zero-order valence-corrected chi connectivity index (χ0v) is 5.55. The summed E-state index contributed by atoms with van der Waals surface area (Å²) in [4.78, 5) is 0. The van der Waals surface area contributed by atoms with Gasteiger partial charge in [0.15, 0.2) is 4.51 Å². The van der Waals surface area contributed by atoms with Crippen LogP contribution in [-0.2, 0) is 0 Å². The molecule has 1 radical (unpaired) electrons. The standard InChI is InChI=1S/C7H6ClN/c8-9-6-7-4-2-1-3-5-7/h1-6H/q+1. The largest absolute Gasteiger partial charge is 0.342 e. The number of rotatable bonds is 1. The minimum atomic E-state index is 1.02. The lowest BCUT2D eigenvalue weighted by molar-refractivity contribution is 1.62. The van der Waals surface area contributed by atoms with E-state index in [-0.39, 0.29) is 0 Å². The molecule has 0 saturated heterocycles. The molecule has 0 saturated carbocycles. The molecule has 0 aliphatic heterocycles. The molecule has 0 aliphatic carbocycles. The minimum absolute atomic E-state index is 1.02. The van der Waals surface area contributed by atoms with Crippen molar-refractivity contribution in [3.63, 3.8) is 0 Å². The molecule has 1 aromatic rings. The van der Waals surface area contributed by atoms with Gasteiger partial charge in [-0.15, -0.1) is 0 Å². The summed E-state index contributed by atoms with van der Waals surface area (Å²) in [7, 11) is 0. The Morgan fingerprint density at radius 2 is 1.89 bits per heavy atom. The summed E-state index contributed by atoms with van der Waals surface area (Å²) in [6, 6.07) is 9.70. The van der Waals surface area contributed by atoms with E-state index in [1.165, 1.54) is 0 Å². The van der Waals surface area contributed by atoms with Crippen molar-refractivity contribution in [1.29, 1.82) is 0 Å². The van der Waals surface area contributed by atoms with Gasteiger partial charge in [-0.3, -0.25) is 0 Å². The predicted molar refractivity (Wildman–Crippen MR) is 39.6 cm³/mol. The Kier molecular flexibility index (Phi) is 2.28. The fourth-order valence-electron chi connectivity index (χ4n) is 0.595. The first-order valence-electron chi connectivity index (χ1n) is 2.63. The van der Waals surface area contributed by atoms with Crippen LogP contribution in [0, 0.1) is 0 Å². The Balaban J connectivity index is 2.85. The summed E-state index contributed by atoms with van der Waals surface area (Å²) in [6.07, 6.45) is 1.60. The fraction of sp³-hybridized carbons (Fsp3) is 0. The molecule has 45 valence electrons. The zero-order valence-electron chi connectivity index (χ0n) is 4.79. The molecule has 0 aliphatic rings. The van der Waals surface area contributed by atoms with Gasteiger partial charge in [-0.25, -0.2) is 0 Å². The summed E-state index contributed by atoms with van der Waals surface area (Å²) in [6.45, 7) is 0. The molecule has 1 rings (SSSR count). The minimum Gasteiger partial charge on any atom is -0.0622 e. The molecule has 2 heteroatoms. The SMILES string of the molecule is Cl[N+]=Cc1ccccc1. The van der Waals surface area contributed by atoms with Gasteiger partial charge >= 0.3 is 11.8 Å². The van der Waals surface area contributed by atoms with Crippen molar-refractivity contribution in [3.05, 3.63) is 35.9 Å². The summed E-state index contributed by atoms with van der Waals surface area (Å²) < 4.78 is 3.35. The van der Waals surface area contributed by atoms with E-state index in [0.717, 1.165) is 5.56 Å². The Labute approximate surface area is 59.1 Å². The lowest BCUT2D eigenvalue weighted by Crippen LogP contribution is -1.80. The smallest absolute Gasteiger partial charge is 0.0622 e. The van der Waals surface area contributed by atoms with Crippen LogP contribution in [0.4, 0.5) is 0 Å². The number of halogens is 1. The van der Waals surface area contributed by atoms with Crippen LogP contribution >= 0.6 is 11.8 Å². The summed E-state index contributed by atoms with van der Waals surface area (Å²) in [5.41, 5.74) is 1.02. The van der Waals surface area contributed by atoms with Crippen molar-refractivity contribution in [2.45, 2.75) is 0 Å². The van der Waals surface area contributed by atoms with Gasteiger partial charge in [0.05, 0.1) is 0 Å². The summed E-state index contributed by atoms with van der Waals surface area (Å²) >= 11 is 5.11. The first-order valence-corrected chi connectivity index (χ1v) is 2.96. The van der Waals surface area contributed by atoms with Crippen LogP contribution in [0.2, 0.25) is 0 Å². The van der Waals surface area contributed by atoms with Crippen LogP contribution in [0.1, 0.15) is 5.56 Å². The number of hydrogen-bond acceptors (Lipinski definition) is 1. The molecule has 0 bridgehead atoms. The maximum absolute atomic E-state index is 5.11.